The minimum Gasteiger partial charge on any atom is -0.251 e. The molecule has 1 rings (SSSR count). The van der Waals surface area contributed by atoms with Crippen molar-refractivity contribution in [2.75, 3.05) is 0 Å². The molecule has 0 spiro atoms. The molecule has 0 saturated heterocycles. The molecule has 62 valence electrons. The van der Waals surface area contributed by atoms with Crippen molar-refractivity contribution < 1.29 is 12.6 Å². The Morgan fingerprint density at radius 3 is 2.91 bits per heavy atom. The summed E-state index contributed by atoms with van der Waals surface area (Å²) in [6, 6.07) is 0. The van der Waals surface area contributed by atoms with Gasteiger partial charge in [-0.05, 0) is 0 Å². The van der Waals surface area contributed by atoms with Crippen LogP contribution in [0.25, 0.3) is 0 Å². The molecule has 0 aliphatic heterocycles. The molecule has 0 aliphatic carbocycles. The molecule has 0 saturated carbocycles. The van der Waals surface area contributed by atoms with Crippen molar-refractivity contribution in [3.8, 4) is 0 Å². The molecule has 1 heterocycles. The van der Waals surface area contributed by atoms with Crippen molar-refractivity contribution in [3.63, 3.8) is 0 Å². The number of aromatic nitrogens is 1. The van der Waals surface area contributed by atoms with Gasteiger partial charge in [0.15, 0.2) is 0 Å². The van der Waals surface area contributed by atoms with Gasteiger partial charge in [-0.3, -0.25) is 4.18 Å². The van der Waals surface area contributed by atoms with E-state index in [9.17, 15) is 8.42 Å². The first-order chi connectivity index (χ1) is 5.08. The van der Waals surface area contributed by atoms with E-state index in [1.165, 1.54) is 11.3 Å². The maximum absolute atomic E-state index is 10.3. The highest BCUT2D eigenvalue weighted by Gasteiger charge is 2.03. The molecule has 2 N–H and O–H groups in total. The Morgan fingerprint density at radius 2 is 2.45 bits per heavy atom. The van der Waals surface area contributed by atoms with Crippen LogP contribution in [0.5, 0.6) is 0 Å². The van der Waals surface area contributed by atoms with Gasteiger partial charge in [0.2, 0.25) is 0 Å². The van der Waals surface area contributed by atoms with Crippen molar-refractivity contribution >= 4 is 21.6 Å². The van der Waals surface area contributed by atoms with Crippen LogP contribution in [-0.2, 0) is 21.1 Å². The van der Waals surface area contributed by atoms with Gasteiger partial charge in [0, 0.05) is 11.6 Å². The molecule has 0 bridgehead atoms. The van der Waals surface area contributed by atoms with E-state index in [2.05, 4.69) is 14.3 Å². The monoisotopic (exact) mass is 194 g/mol. The molecule has 0 fully saturated rings. The largest absolute Gasteiger partial charge is 0.333 e. The average Bonchev–Trinajstić information content (AvgIpc) is 2.32. The number of hydrogen-bond acceptors (Lipinski definition) is 5. The van der Waals surface area contributed by atoms with Crippen LogP contribution in [-0.4, -0.2) is 13.4 Å². The zero-order valence-electron chi connectivity index (χ0n) is 5.43. The van der Waals surface area contributed by atoms with Crippen molar-refractivity contribution in [2.45, 2.75) is 6.61 Å². The summed E-state index contributed by atoms with van der Waals surface area (Å²) < 4.78 is 24.8. The average molecular weight is 194 g/mol. The van der Waals surface area contributed by atoms with E-state index in [0.29, 0.717) is 5.01 Å². The Morgan fingerprint density at radius 1 is 1.73 bits per heavy atom. The molecule has 1 aromatic rings. The maximum atomic E-state index is 10.3. The molecule has 11 heavy (non-hydrogen) atoms. The summed E-state index contributed by atoms with van der Waals surface area (Å²) in [4.78, 5) is 3.79. The Bertz CT molecular complexity index is 304. The van der Waals surface area contributed by atoms with Crippen molar-refractivity contribution in [1.29, 1.82) is 0 Å². The fourth-order valence-electron chi connectivity index (χ4n) is 0.457. The molecular formula is C4H6N2O3S2. The molecule has 0 amide bonds. The second-order valence-electron chi connectivity index (χ2n) is 1.68. The molecule has 1 aromatic heterocycles. The summed E-state index contributed by atoms with van der Waals surface area (Å²) in [6.45, 7) is -0.0868. The van der Waals surface area contributed by atoms with Gasteiger partial charge in [-0.1, -0.05) is 0 Å². The highest BCUT2D eigenvalue weighted by molar-refractivity contribution is 7.84. The number of thiazole rings is 1. The Labute approximate surface area is 68.1 Å². The van der Waals surface area contributed by atoms with Gasteiger partial charge in [0.25, 0.3) is 0 Å². The van der Waals surface area contributed by atoms with E-state index < -0.39 is 10.3 Å². The lowest BCUT2D eigenvalue weighted by molar-refractivity contribution is 0.308. The van der Waals surface area contributed by atoms with Gasteiger partial charge in [-0.25, -0.2) is 10.1 Å². The number of nitrogens with zero attached hydrogens (tertiary/aromatic N) is 1. The highest BCUT2D eigenvalue weighted by atomic mass is 32.2. The zero-order valence-corrected chi connectivity index (χ0v) is 7.06. The van der Waals surface area contributed by atoms with Crippen LogP contribution < -0.4 is 5.14 Å². The minimum atomic E-state index is -3.83. The van der Waals surface area contributed by atoms with Gasteiger partial charge in [0.05, 0.1) is 0 Å². The summed E-state index contributed by atoms with van der Waals surface area (Å²) >= 11 is 1.31. The maximum Gasteiger partial charge on any atom is 0.333 e. The van der Waals surface area contributed by atoms with Crippen LogP contribution in [0.3, 0.4) is 0 Å². The quantitative estimate of drug-likeness (QED) is 0.726. The molecular weight excluding hydrogens is 188 g/mol. The molecule has 0 aromatic carbocycles. The Kier molecular flexibility index (Phi) is 2.55. The number of rotatable bonds is 3. The number of nitrogens with two attached hydrogens (primary N) is 1. The van der Waals surface area contributed by atoms with E-state index >= 15 is 0 Å². The first kappa shape index (κ1) is 8.60. The molecule has 5 nitrogen and oxygen atoms in total. The summed E-state index contributed by atoms with van der Waals surface area (Å²) in [7, 11) is -3.83. The van der Waals surface area contributed by atoms with Crippen LogP contribution in [0.1, 0.15) is 5.01 Å². The first-order valence-electron chi connectivity index (χ1n) is 2.63. The summed E-state index contributed by atoms with van der Waals surface area (Å²) in [5.74, 6) is 0. The Balaban J connectivity index is 2.48. The smallest absolute Gasteiger partial charge is 0.251 e. The van der Waals surface area contributed by atoms with Gasteiger partial charge < -0.3 is 0 Å². The van der Waals surface area contributed by atoms with Crippen molar-refractivity contribution in [2.24, 2.45) is 5.14 Å². The second kappa shape index (κ2) is 3.26. The lowest BCUT2D eigenvalue weighted by Gasteiger charge is -1.95. The lowest BCUT2D eigenvalue weighted by Crippen LogP contribution is -2.15. The SMILES string of the molecule is NS(=O)(=O)OCc1nccs1. The minimum absolute atomic E-state index is 0.0868. The predicted molar refractivity (Wildman–Crippen MR) is 40.0 cm³/mol. The standard InChI is InChI=1S/C4H6N2O3S2/c5-11(7,8)9-3-4-6-1-2-10-4/h1-2H,3H2,(H2,5,7,8). The predicted octanol–water partition coefficient (Wildman–Crippen LogP) is -0.137. The molecule has 0 atom stereocenters. The van der Waals surface area contributed by atoms with Crippen molar-refractivity contribution in [3.05, 3.63) is 16.6 Å². The fourth-order valence-corrected chi connectivity index (χ4v) is 1.33. The van der Waals surface area contributed by atoms with E-state index in [4.69, 9.17) is 0 Å². The van der Waals surface area contributed by atoms with Crippen LogP contribution in [0, 0.1) is 0 Å². The van der Waals surface area contributed by atoms with Gasteiger partial charge in [0.1, 0.15) is 11.6 Å². The molecule has 0 unspecified atom stereocenters. The third kappa shape index (κ3) is 3.42. The van der Waals surface area contributed by atoms with Crippen LogP contribution in [0.15, 0.2) is 11.6 Å². The second-order valence-corrected chi connectivity index (χ2v) is 3.88. The lowest BCUT2D eigenvalue weighted by atomic mass is 10.8. The number of hydrogen-bond donors (Lipinski definition) is 1. The summed E-state index contributed by atoms with van der Waals surface area (Å²) in [5.41, 5.74) is 0. The van der Waals surface area contributed by atoms with Crippen LogP contribution in [0.4, 0.5) is 0 Å². The summed E-state index contributed by atoms with van der Waals surface area (Å²) in [6.07, 6.45) is 1.56. The molecule has 0 radical (unpaired) electrons. The van der Waals surface area contributed by atoms with Gasteiger partial charge >= 0.3 is 10.3 Å². The zero-order chi connectivity index (χ0) is 8.32. The van der Waals surface area contributed by atoms with E-state index in [0.717, 1.165) is 0 Å². The Hall–Kier alpha value is -0.500. The van der Waals surface area contributed by atoms with E-state index in [-0.39, 0.29) is 6.61 Å². The fraction of sp³-hybridized carbons (Fsp3) is 0.250. The first-order valence-corrected chi connectivity index (χ1v) is 4.98. The van der Waals surface area contributed by atoms with Crippen molar-refractivity contribution in [1.82, 2.24) is 4.98 Å². The van der Waals surface area contributed by atoms with Gasteiger partial charge in [-0.15, -0.1) is 11.3 Å². The third-order valence-corrected chi connectivity index (χ3v) is 2.03. The summed E-state index contributed by atoms with van der Waals surface area (Å²) in [5, 5.41) is 6.89. The van der Waals surface area contributed by atoms with Gasteiger partial charge in [-0.2, -0.15) is 8.42 Å². The topological polar surface area (TPSA) is 82.3 Å². The highest BCUT2D eigenvalue weighted by Crippen LogP contribution is 2.05. The normalized spacial score (nSPS) is 11.7. The van der Waals surface area contributed by atoms with Crippen LogP contribution >= 0.6 is 11.3 Å². The van der Waals surface area contributed by atoms with E-state index in [1.54, 1.807) is 11.6 Å². The van der Waals surface area contributed by atoms with E-state index in [1.807, 2.05) is 0 Å². The molecule has 7 heteroatoms. The van der Waals surface area contributed by atoms with Crippen LogP contribution in [0.2, 0.25) is 0 Å². The third-order valence-electron chi connectivity index (χ3n) is 0.830. The molecule has 0 aliphatic rings.